The number of ketones is 2. The van der Waals surface area contributed by atoms with Gasteiger partial charge in [-0.25, -0.2) is 0 Å². The molecule has 4 atom stereocenters. The Morgan fingerprint density at radius 2 is 1.83 bits per heavy atom. The number of benzene rings is 1. The molecule has 254 valence electrons. The van der Waals surface area contributed by atoms with Crippen LogP contribution in [0.2, 0.25) is 0 Å². The Bertz CT molecular complexity index is 1740. The number of rotatable bonds is 8. The first kappa shape index (κ1) is 33.4. The zero-order valence-electron chi connectivity index (χ0n) is 27.2. The number of primary amides is 1. The number of allylic oxidation sites excluding steroid dienone is 1. The van der Waals surface area contributed by atoms with Crippen LogP contribution in [0.25, 0.3) is 0 Å². The number of likely N-dealkylation sites (N-methyl/N-ethyl adjacent to an activating group) is 1. The van der Waals surface area contributed by atoms with Gasteiger partial charge in [-0.1, -0.05) is 38.2 Å². The van der Waals surface area contributed by atoms with Crippen molar-refractivity contribution < 1.29 is 39.6 Å². The number of aryl methyl sites for hydroxylation is 1. The molecule has 0 aliphatic heterocycles. The van der Waals surface area contributed by atoms with Gasteiger partial charge in [-0.3, -0.25) is 29.1 Å². The van der Waals surface area contributed by atoms with E-state index in [1.807, 2.05) is 6.07 Å². The number of amides is 2. The molecular formula is C36H42N4O8. The van der Waals surface area contributed by atoms with Gasteiger partial charge in [0.1, 0.15) is 22.8 Å². The molecule has 1 aromatic carbocycles. The third kappa shape index (κ3) is 5.46. The predicted octanol–water partition coefficient (Wildman–Crippen LogP) is 2.96. The maximum absolute atomic E-state index is 14.4. The molecule has 0 bridgehead atoms. The summed E-state index contributed by atoms with van der Waals surface area (Å²) in [5, 5.41) is 49.0. The van der Waals surface area contributed by atoms with E-state index in [1.54, 1.807) is 32.4 Å². The van der Waals surface area contributed by atoms with Crippen LogP contribution in [0.3, 0.4) is 0 Å². The maximum Gasteiger partial charge on any atom is 0.255 e. The van der Waals surface area contributed by atoms with Crippen molar-refractivity contribution in [2.75, 3.05) is 14.1 Å². The Balaban J connectivity index is 1.43. The molecule has 0 unspecified atom stereocenters. The van der Waals surface area contributed by atoms with Gasteiger partial charge in [-0.2, -0.15) is 0 Å². The van der Waals surface area contributed by atoms with Crippen LogP contribution in [0.5, 0.6) is 5.75 Å². The number of aliphatic hydroxyl groups is 3. The van der Waals surface area contributed by atoms with Gasteiger partial charge in [0.15, 0.2) is 11.4 Å². The fraction of sp³-hybridized carbons (Fsp3) is 0.472. The van der Waals surface area contributed by atoms with Crippen molar-refractivity contribution in [1.29, 1.82) is 0 Å². The Morgan fingerprint density at radius 1 is 1.10 bits per heavy atom. The zero-order valence-corrected chi connectivity index (χ0v) is 27.2. The lowest BCUT2D eigenvalue weighted by molar-refractivity contribution is -0.148. The monoisotopic (exact) mass is 658 g/mol. The smallest absolute Gasteiger partial charge is 0.255 e. The van der Waals surface area contributed by atoms with E-state index in [-0.39, 0.29) is 36.3 Å². The molecule has 2 amide bonds. The van der Waals surface area contributed by atoms with Crippen LogP contribution in [0.1, 0.15) is 82.4 Å². The molecule has 48 heavy (non-hydrogen) atoms. The van der Waals surface area contributed by atoms with Gasteiger partial charge in [0.25, 0.3) is 11.8 Å². The highest BCUT2D eigenvalue weighted by Gasteiger charge is 2.63. The number of nitrogens with one attached hydrogen (secondary N) is 1. The Kier molecular flexibility index (Phi) is 8.90. The second kappa shape index (κ2) is 12.8. The largest absolute Gasteiger partial charge is 0.510 e. The molecule has 4 aliphatic carbocycles. The first-order valence-electron chi connectivity index (χ1n) is 16.6. The van der Waals surface area contributed by atoms with Crippen molar-refractivity contribution in [3.8, 4) is 5.75 Å². The molecule has 0 spiro atoms. The minimum absolute atomic E-state index is 0.0253. The molecule has 6 rings (SSSR count). The van der Waals surface area contributed by atoms with Gasteiger partial charge >= 0.3 is 0 Å². The lowest BCUT2D eigenvalue weighted by Gasteiger charge is -2.50. The molecule has 0 radical (unpaired) electrons. The predicted molar refractivity (Wildman–Crippen MR) is 174 cm³/mol. The third-order valence-corrected chi connectivity index (χ3v) is 10.8. The van der Waals surface area contributed by atoms with E-state index in [2.05, 4.69) is 10.3 Å². The molecule has 2 aromatic rings. The quantitative estimate of drug-likeness (QED) is 0.229. The highest BCUT2D eigenvalue weighted by atomic mass is 16.3. The number of fused-ring (bicyclic) bond motifs is 3. The lowest BCUT2D eigenvalue weighted by Crippen LogP contribution is -2.63. The van der Waals surface area contributed by atoms with E-state index in [4.69, 9.17) is 5.73 Å². The highest BCUT2D eigenvalue weighted by molar-refractivity contribution is 6.24. The molecule has 1 saturated carbocycles. The van der Waals surface area contributed by atoms with Crippen molar-refractivity contribution in [3.05, 3.63) is 81.1 Å². The van der Waals surface area contributed by atoms with Crippen LogP contribution in [-0.2, 0) is 29.0 Å². The van der Waals surface area contributed by atoms with Crippen molar-refractivity contribution >= 4 is 23.4 Å². The maximum atomic E-state index is 14.4. The number of hydrogen-bond acceptors (Lipinski definition) is 10. The Morgan fingerprint density at radius 3 is 2.48 bits per heavy atom. The summed E-state index contributed by atoms with van der Waals surface area (Å²) in [6.45, 7) is -0.0912. The van der Waals surface area contributed by atoms with Crippen LogP contribution in [-0.4, -0.2) is 79.4 Å². The van der Waals surface area contributed by atoms with E-state index in [1.165, 1.54) is 30.4 Å². The molecule has 1 aromatic heterocycles. The van der Waals surface area contributed by atoms with Crippen LogP contribution in [0, 0.1) is 17.8 Å². The second-order valence-electron chi connectivity index (χ2n) is 13.8. The van der Waals surface area contributed by atoms with Crippen molar-refractivity contribution in [1.82, 2.24) is 15.2 Å². The van der Waals surface area contributed by atoms with Crippen LogP contribution in [0.15, 0.2) is 53.3 Å². The van der Waals surface area contributed by atoms with Crippen LogP contribution < -0.4 is 11.1 Å². The second-order valence-corrected chi connectivity index (χ2v) is 13.8. The van der Waals surface area contributed by atoms with E-state index in [0.717, 1.165) is 24.8 Å². The number of hydrogen-bond donors (Lipinski definition) is 6. The van der Waals surface area contributed by atoms with Crippen molar-refractivity contribution in [3.63, 3.8) is 0 Å². The summed E-state index contributed by atoms with van der Waals surface area (Å²) in [6.07, 6.45) is 10.6. The van der Waals surface area contributed by atoms with Crippen LogP contribution >= 0.6 is 0 Å². The number of aromatic nitrogens is 1. The molecular weight excluding hydrogens is 616 g/mol. The van der Waals surface area contributed by atoms with Gasteiger partial charge < -0.3 is 31.5 Å². The first-order chi connectivity index (χ1) is 22.9. The number of nitrogens with zero attached hydrogens (tertiary/aromatic N) is 2. The average molecular weight is 659 g/mol. The van der Waals surface area contributed by atoms with E-state index >= 15 is 0 Å². The standard InChI is InChI=1S/C36H42N4O8/c1-40(2)28-24-15-21-14-23-19(11-10-18-7-4-3-5-8-18)13-22(17-39-35(47)20-9-6-12-38-16-20)29(41)26(23)30(42)25(21)32(44)36(24,48)33(45)27(31(28)43)34(37)46/h6,9,12-13,16,18,21,24,28,41,43-44,48H,3-5,7-8,10-11,14-15,17H2,1-2H3,(H2,37,46)(H,39,47)/t21-,24-,28-,36-/m1/s1. The van der Waals surface area contributed by atoms with Gasteiger partial charge in [0, 0.05) is 36.0 Å². The van der Waals surface area contributed by atoms with Gasteiger partial charge in [0.2, 0.25) is 5.78 Å². The zero-order chi connectivity index (χ0) is 34.5. The van der Waals surface area contributed by atoms with Gasteiger partial charge in [0.05, 0.1) is 17.2 Å². The fourth-order valence-electron chi connectivity index (χ4n) is 8.43. The SMILES string of the molecule is CN(C)[C@H]1C(O)=C(C(N)=O)C(=O)[C@]2(O)C(O)=C3C(=O)c4c(O)c(CNC(=O)c5cccnc5)cc(CCC5CCCCC5)c4C[C@@H]3C[C@H]12. The number of Topliss-reactive ketones (excluding diaryl/α,β-unsaturated/α-hetero) is 2. The molecule has 7 N–H and O–H groups in total. The van der Waals surface area contributed by atoms with Crippen LogP contribution in [0.4, 0.5) is 0 Å². The summed E-state index contributed by atoms with van der Waals surface area (Å²) in [6, 6.07) is 4.02. The van der Waals surface area contributed by atoms with Gasteiger partial charge in [-0.15, -0.1) is 0 Å². The number of aliphatic hydroxyl groups excluding tert-OH is 2. The Labute approximate surface area is 278 Å². The Hall–Kier alpha value is -4.55. The number of nitrogens with two attached hydrogens (primary N) is 1. The average Bonchev–Trinajstić information content (AvgIpc) is 3.06. The molecule has 12 nitrogen and oxygen atoms in total. The van der Waals surface area contributed by atoms with Gasteiger partial charge in [-0.05, 0) is 74.9 Å². The van der Waals surface area contributed by atoms with E-state index in [0.29, 0.717) is 29.0 Å². The number of aromatic hydroxyl groups is 1. The highest BCUT2D eigenvalue weighted by Crippen LogP contribution is 2.53. The normalized spacial score (nSPS) is 25.9. The third-order valence-electron chi connectivity index (χ3n) is 10.8. The molecule has 12 heteroatoms. The minimum atomic E-state index is -2.71. The number of carbonyl (C=O) groups is 4. The van der Waals surface area contributed by atoms with Crippen molar-refractivity contribution in [2.24, 2.45) is 23.5 Å². The number of pyridine rings is 1. The fourth-order valence-corrected chi connectivity index (χ4v) is 8.43. The number of carbonyl (C=O) groups excluding carboxylic acids is 4. The topological polar surface area (TPSA) is 203 Å². The first-order valence-corrected chi connectivity index (χ1v) is 16.6. The minimum Gasteiger partial charge on any atom is -0.510 e. The molecule has 0 saturated heterocycles. The molecule has 1 fully saturated rings. The summed E-state index contributed by atoms with van der Waals surface area (Å²) in [5.41, 5.74) is 3.77. The number of phenols is 1. The molecule has 1 heterocycles. The molecule has 4 aliphatic rings. The lowest BCUT2D eigenvalue weighted by atomic mass is 9.58. The summed E-state index contributed by atoms with van der Waals surface area (Å²) in [4.78, 5) is 58.7. The van der Waals surface area contributed by atoms with E-state index in [9.17, 15) is 39.6 Å². The summed E-state index contributed by atoms with van der Waals surface area (Å²) in [5.74, 6) is -6.77. The van der Waals surface area contributed by atoms with Crippen molar-refractivity contribution in [2.45, 2.75) is 76.0 Å². The summed E-state index contributed by atoms with van der Waals surface area (Å²) >= 11 is 0. The summed E-state index contributed by atoms with van der Waals surface area (Å²) < 4.78 is 0. The van der Waals surface area contributed by atoms with E-state index < -0.39 is 64.0 Å². The summed E-state index contributed by atoms with van der Waals surface area (Å²) in [7, 11) is 3.20. The number of phenolic OH excluding ortho intramolecular Hbond substituents is 1.